The van der Waals surface area contributed by atoms with Crippen LogP contribution in [0.1, 0.15) is 37.6 Å². The topological polar surface area (TPSA) is 51.8 Å². The lowest BCUT2D eigenvalue weighted by Gasteiger charge is -2.03. The van der Waals surface area contributed by atoms with Gasteiger partial charge in [0.15, 0.2) is 5.16 Å². The van der Waals surface area contributed by atoms with E-state index in [0.717, 1.165) is 22.3 Å². The standard InChI is InChI=1S/C11H19N3S/c1-3-4-5-6-15-11-13-9(2)7-10(8-12)14-11/h7H,3-6,8,12H2,1-2H3. The zero-order valence-electron chi connectivity index (χ0n) is 9.49. The molecule has 0 aromatic carbocycles. The zero-order chi connectivity index (χ0) is 11.1. The van der Waals surface area contributed by atoms with Gasteiger partial charge in [-0.25, -0.2) is 9.97 Å². The summed E-state index contributed by atoms with van der Waals surface area (Å²) < 4.78 is 0. The fourth-order valence-corrected chi connectivity index (χ4v) is 2.21. The van der Waals surface area contributed by atoms with Gasteiger partial charge in [-0.1, -0.05) is 31.5 Å². The van der Waals surface area contributed by atoms with Gasteiger partial charge in [0.25, 0.3) is 0 Å². The molecule has 84 valence electrons. The van der Waals surface area contributed by atoms with Crippen LogP contribution in [0.2, 0.25) is 0 Å². The van der Waals surface area contributed by atoms with Crippen LogP contribution >= 0.6 is 11.8 Å². The highest BCUT2D eigenvalue weighted by Gasteiger charge is 2.01. The number of hydrogen-bond donors (Lipinski definition) is 1. The van der Waals surface area contributed by atoms with Crippen molar-refractivity contribution in [1.29, 1.82) is 0 Å². The minimum atomic E-state index is 0.492. The van der Waals surface area contributed by atoms with Crippen molar-refractivity contribution in [2.75, 3.05) is 5.75 Å². The lowest BCUT2D eigenvalue weighted by molar-refractivity contribution is 0.775. The molecule has 1 aromatic rings. The number of unbranched alkanes of at least 4 members (excludes halogenated alkanes) is 2. The quantitative estimate of drug-likeness (QED) is 0.459. The van der Waals surface area contributed by atoms with Gasteiger partial charge in [0.1, 0.15) is 0 Å². The predicted octanol–water partition coefficient (Wildman–Crippen LogP) is 2.53. The van der Waals surface area contributed by atoms with Crippen LogP contribution in [-0.4, -0.2) is 15.7 Å². The van der Waals surface area contributed by atoms with Crippen molar-refractivity contribution in [2.24, 2.45) is 5.73 Å². The average molecular weight is 225 g/mol. The number of nitrogens with two attached hydrogens (primary N) is 1. The molecule has 1 heterocycles. The van der Waals surface area contributed by atoms with Crippen molar-refractivity contribution in [2.45, 2.75) is 44.8 Å². The van der Waals surface area contributed by atoms with E-state index in [4.69, 9.17) is 5.73 Å². The van der Waals surface area contributed by atoms with Crippen LogP contribution in [0, 0.1) is 6.92 Å². The van der Waals surface area contributed by atoms with Gasteiger partial charge in [-0.2, -0.15) is 0 Å². The molecule has 0 atom stereocenters. The van der Waals surface area contributed by atoms with Gasteiger partial charge in [0.2, 0.25) is 0 Å². The molecule has 0 saturated heterocycles. The van der Waals surface area contributed by atoms with Crippen LogP contribution in [0.25, 0.3) is 0 Å². The van der Waals surface area contributed by atoms with Crippen LogP contribution in [0.5, 0.6) is 0 Å². The maximum atomic E-state index is 5.56. The van der Waals surface area contributed by atoms with Crippen LogP contribution in [0.15, 0.2) is 11.2 Å². The summed E-state index contributed by atoms with van der Waals surface area (Å²) in [5.74, 6) is 1.10. The summed E-state index contributed by atoms with van der Waals surface area (Å²) in [4.78, 5) is 8.75. The van der Waals surface area contributed by atoms with Crippen LogP contribution in [0.3, 0.4) is 0 Å². The Morgan fingerprint density at radius 2 is 2.13 bits per heavy atom. The van der Waals surface area contributed by atoms with E-state index in [2.05, 4.69) is 16.9 Å². The first-order valence-electron chi connectivity index (χ1n) is 5.43. The summed E-state index contributed by atoms with van der Waals surface area (Å²) in [6.45, 7) is 4.68. The molecule has 1 aromatic heterocycles. The van der Waals surface area contributed by atoms with E-state index in [9.17, 15) is 0 Å². The third-order valence-corrected chi connectivity index (χ3v) is 3.01. The summed E-state index contributed by atoms with van der Waals surface area (Å²) in [6.07, 6.45) is 3.77. The molecule has 1 rings (SSSR count). The van der Waals surface area contributed by atoms with Crippen molar-refractivity contribution in [3.05, 3.63) is 17.5 Å². The van der Waals surface area contributed by atoms with Crippen molar-refractivity contribution < 1.29 is 0 Å². The first-order valence-corrected chi connectivity index (χ1v) is 6.42. The number of aryl methyl sites for hydroxylation is 1. The second-order valence-electron chi connectivity index (χ2n) is 3.54. The van der Waals surface area contributed by atoms with Gasteiger partial charge in [0, 0.05) is 18.0 Å². The highest BCUT2D eigenvalue weighted by atomic mass is 32.2. The monoisotopic (exact) mass is 225 g/mol. The van der Waals surface area contributed by atoms with Gasteiger partial charge in [-0.15, -0.1) is 0 Å². The van der Waals surface area contributed by atoms with Gasteiger partial charge in [-0.3, -0.25) is 0 Å². The van der Waals surface area contributed by atoms with Crippen molar-refractivity contribution in [3.8, 4) is 0 Å². The van der Waals surface area contributed by atoms with E-state index in [-0.39, 0.29) is 0 Å². The zero-order valence-corrected chi connectivity index (χ0v) is 10.3. The predicted molar refractivity (Wildman–Crippen MR) is 64.9 cm³/mol. The highest BCUT2D eigenvalue weighted by molar-refractivity contribution is 7.99. The highest BCUT2D eigenvalue weighted by Crippen LogP contribution is 2.16. The Labute approximate surface area is 95.9 Å². The molecule has 0 aliphatic carbocycles. The average Bonchev–Trinajstić information content (AvgIpc) is 2.23. The van der Waals surface area contributed by atoms with Gasteiger partial charge in [-0.05, 0) is 19.4 Å². The number of thioether (sulfide) groups is 1. The summed E-state index contributed by atoms with van der Waals surface area (Å²) in [5.41, 5.74) is 7.50. The molecule has 0 radical (unpaired) electrons. The third kappa shape index (κ3) is 4.62. The summed E-state index contributed by atoms with van der Waals surface area (Å²) in [6, 6.07) is 1.94. The maximum absolute atomic E-state index is 5.56. The largest absolute Gasteiger partial charge is 0.325 e. The van der Waals surface area contributed by atoms with Crippen LogP contribution in [-0.2, 0) is 6.54 Å². The lowest BCUT2D eigenvalue weighted by atomic mass is 10.3. The molecular formula is C11H19N3S. The fraction of sp³-hybridized carbons (Fsp3) is 0.636. The van der Waals surface area contributed by atoms with Gasteiger partial charge >= 0.3 is 0 Å². The molecule has 0 aliphatic rings. The number of nitrogens with zero attached hydrogens (tertiary/aromatic N) is 2. The number of hydrogen-bond acceptors (Lipinski definition) is 4. The summed E-state index contributed by atoms with van der Waals surface area (Å²) in [7, 11) is 0. The number of rotatable bonds is 6. The molecule has 0 spiro atoms. The van der Waals surface area contributed by atoms with E-state index in [1.165, 1.54) is 19.3 Å². The Kier molecular flexibility index (Phi) is 5.65. The van der Waals surface area contributed by atoms with E-state index >= 15 is 0 Å². The molecule has 0 aliphatic heterocycles. The van der Waals surface area contributed by atoms with Crippen molar-refractivity contribution in [1.82, 2.24) is 9.97 Å². The van der Waals surface area contributed by atoms with Gasteiger partial charge in [0.05, 0.1) is 5.69 Å². The Morgan fingerprint density at radius 1 is 1.33 bits per heavy atom. The van der Waals surface area contributed by atoms with E-state index < -0.39 is 0 Å². The molecule has 2 N–H and O–H groups in total. The van der Waals surface area contributed by atoms with Crippen LogP contribution < -0.4 is 5.73 Å². The van der Waals surface area contributed by atoms with Crippen molar-refractivity contribution in [3.63, 3.8) is 0 Å². The Balaban J connectivity index is 2.49. The minimum Gasteiger partial charge on any atom is -0.325 e. The van der Waals surface area contributed by atoms with E-state index in [1.54, 1.807) is 11.8 Å². The molecule has 15 heavy (non-hydrogen) atoms. The summed E-state index contributed by atoms with van der Waals surface area (Å²) in [5, 5.41) is 0.867. The molecule has 4 heteroatoms. The molecule has 0 bridgehead atoms. The summed E-state index contributed by atoms with van der Waals surface area (Å²) >= 11 is 1.73. The first kappa shape index (κ1) is 12.5. The Hall–Kier alpha value is -0.610. The van der Waals surface area contributed by atoms with Crippen molar-refractivity contribution >= 4 is 11.8 Å². The van der Waals surface area contributed by atoms with Gasteiger partial charge < -0.3 is 5.73 Å². The molecule has 3 nitrogen and oxygen atoms in total. The second-order valence-corrected chi connectivity index (χ2v) is 4.61. The maximum Gasteiger partial charge on any atom is 0.188 e. The third-order valence-electron chi connectivity index (χ3n) is 2.07. The molecular weight excluding hydrogens is 206 g/mol. The SMILES string of the molecule is CCCCCSc1nc(C)cc(CN)n1. The molecule has 0 unspecified atom stereocenters. The molecule has 0 fully saturated rings. The Bertz CT molecular complexity index is 302. The van der Waals surface area contributed by atoms with Crippen LogP contribution in [0.4, 0.5) is 0 Å². The van der Waals surface area contributed by atoms with E-state index in [1.807, 2.05) is 13.0 Å². The molecule has 0 amide bonds. The minimum absolute atomic E-state index is 0.492. The fourth-order valence-electron chi connectivity index (χ4n) is 1.29. The second kappa shape index (κ2) is 6.80. The first-order chi connectivity index (χ1) is 7.26. The normalized spacial score (nSPS) is 10.6. The Morgan fingerprint density at radius 3 is 2.80 bits per heavy atom. The molecule has 0 saturated carbocycles. The smallest absolute Gasteiger partial charge is 0.188 e. The lowest BCUT2D eigenvalue weighted by Crippen LogP contribution is -2.03. The number of aromatic nitrogens is 2. The van der Waals surface area contributed by atoms with E-state index in [0.29, 0.717) is 6.54 Å².